The van der Waals surface area contributed by atoms with Crippen LogP contribution in [0.15, 0.2) is 18.2 Å². The van der Waals surface area contributed by atoms with Crippen molar-refractivity contribution < 1.29 is 4.79 Å². The maximum absolute atomic E-state index is 11.7. The van der Waals surface area contributed by atoms with Gasteiger partial charge in [0, 0.05) is 11.7 Å². The first kappa shape index (κ1) is 12.2. The number of hydrogen-bond donors (Lipinski definition) is 3. The molecule has 0 aromatic heterocycles. The zero-order valence-electron chi connectivity index (χ0n) is 10.2. The molecule has 1 saturated carbocycles. The fourth-order valence-electron chi connectivity index (χ4n) is 1.62. The lowest BCUT2D eigenvalue weighted by atomic mass is 10.1. The molecule has 1 atom stereocenters. The Morgan fingerprint density at radius 1 is 1.56 bits per heavy atom. The van der Waals surface area contributed by atoms with Crippen LogP contribution in [0.2, 0.25) is 0 Å². The van der Waals surface area contributed by atoms with Gasteiger partial charge in [-0.3, -0.25) is 4.79 Å². The van der Waals surface area contributed by atoms with Crippen LogP contribution < -0.4 is 16.4 Å². The highest BCUT2D eigenvalue weighted by Gasteiger charge is 2.25. The average molecular weight is 244 g/mol. The second kappa shape index (κ2) is 4.96. The molecule has 0 saturated heterocycles. The lowest BCUT2D eigenvalue weighted by molar-refractivity contribution is -0.121. The predicted molar refractivity (Wildman–Crippen MR) is 69.8 cm³/mol. The molecule has 1 aromatic carbocycles. The summed E-state index contributed by atoms with van der Waals surface area (Å²) in [4.78, 5) is 11.7. The summed E-state index contributed by atoms with van der Waals surface area (Å²) >= 11 is 0. The van der Waals surface area contributed by atoms with Gasteiger partial charge in [-0.05, 0) is 38.0 Å². The van der Waals surface area contributed by atoms with Gasteiger partial charge in [0.2, 0.25) is 5.91 Å². The van der Waals surface area contributed by atoms with Crippen LogP contribution in [0, 0.1) is 11.3 Å². The summed E-state index contributed by atoms with van der Waals surface area (Å²) in [6, 6.07) is 7.09. The molecule has 1 aliphatic carbocycles. The lowest BCUT2D eigenvalue weighted by Crippen LogP contribution is -2.38. The number of anilines is 2. The first-order valence-electron chi connectivity index (χ1n) is 5.96. The Morgan fingerprint density at radius 2 is 2.28 bits per heavy atom. The van der Waals surface area contributed by atoms with Crippen LogP contribution in [0.5, 0.6) is 0 Å². The monoisotopic (exact) mass is 244 g/mol. The molecule has 0 radical (unpaired) electrons. The number of carbonyl (C=O) groups is 1. The minimum absolute atomic E-state index is 0.0135. The Morgan fingerprint density at radius 3 is 2.83 bits per heavy atom. The van der Waals surface area contributed by atoms with E-state index in [2.05, 4.69) is 10.6 Å². The number of nitrogens with one attached hydrogen (secondary N) is 2. The van der Waals surface area contributed by atoms with Crippen molar-refractivity contribution >= 4 is 17.3 Å². The number of benzene rings is 1. The largest absolute Gasteiger partial charge is 0.398 e. The van der Waals surface area contributed by atoms with E-state index in [1.807, 2.05) is 6.07 Å². The SMILES string of the molecule is CC(Nc1ccc(C#N)c(N)c1)C(=O)NC1CC1. The molecule has 5 heteroatoms. The molecule has 5 nitrogen and oxygen atoms in total. The highest BCUT2D eigenvalue weighted by molar-refractivity contribution is 5.85. The molecule has 18 heavy (non-hydrogen) atoms. The Balaban J connectivity index is 1.97. The van der Waals surface area contributed by atoms with Gasteiger partial charge in [-0.25, -0.2) is 0 Å². The van der Waals surface area contributed by atoms with Gasteiger partial charge in [-0.15, -0.1) is 0 Å². The normalized spacial score (nSPS) is 15.6. The summed E-state index contributed by atoms with van der Waals surface area (Å²) in [6.45, 7) is 1.80. The van der Waals surface area contributed by atoms with Gasteiger partial charge in [0.15, 0.2) is 0 Å². The first-order valence-corrected chi connectivity index (χ1v) is 5.96. The van der Waals surface area contributed by atoms with Crippen LogP contribution in [0.3, 0.4) is 0 Å². The third-order valence-electron chi connectivity index (χ3n) is 2.87. The summed E-state index contributed by atoms with van der Waals surface area (Å²) in [7, 11) is 0. The number of nitriles is 1. The number of carbonyl (C=O) groups excluding carboxylic acids is 1. The van der Waals surface area contributed by atoms with E-state index in [0.717, 1.165) is 18.5 Å². The van der Waals surface area contributed by atoms with E-state index in [9.17, 15) is 4.79 Å². The van der Waals surface area contributed by atoms with Gasteiger partial charge in [-0.2, -0.15) is 5.26 Å². The minimum Gasteiger partial charge on any atom is -0.398 e. The van der Waals surface area contributed by atoms with Gasteiger partial charge in [0.25, 0.3) is 0 Å². The summed E-state index contributed by atoms with van der Waals surface area (Å²) in [5.74, 6) is -0.0135. The molecule has 1 unspecified atom stereocenters. The fourth-order valence-corrected chi connectivity index (χ4v) is 1.62. The van der Waals surface area contributed by atoms with E-state index in [1.54, 1.807) is 25.1 Å². The quantitative estimate of drug-likeness (QED) is 0.694. The zero-order valence-corrected chi connectivity index (χ0v) is 10.2. The highest BCUT2D eigenvalue weighted by atomic mass is 16.2. The number of amides is 1. The summed E-state index contributed by atoms with van der Waals surface area (Å²) in [6.07, 6.45) is 2.14. The Labute approximate surface area is 106 Å². The van der Waals surface area contributed by atoms with Crippen LogP contribution in [0.1, 0.15) is 25.3 Å². The average Bonchev–Trinajstić information content (AvgIpc) is 3.13. The molecular weight excluding hydrogens is 228 g/mol. The van der Waals surface area contributed by atoms with E-state index >= 15 is 0 Å². The second-order valence-corrected chi connectivity index (χ2v) is 4.56. The van der Waals surface area contributed by atoms with Gasteiger partial charge in [-0.1, -0.05) is 0 Å². The van der Waals surface area contributed by atoms with Gasteiger partial charge < -0.3 is 16.4 Å². The summed E-state index contributed by atoms with van der Waals surface area (Å²) in [5.41, 5.74) is 7.31. The topological polar surface area (TPSA) is 90.9 Å². The molecule has 2 rings (SSSR count). The number of hydrogen-bond acceptors (Lipinski definition) is 4. The number of nitrogens with two attached hydrogens (primary N) is 1. The van der Waals surface area contributed by atoms with Crippen LogP contribution in [-0.4, -0.2) is 18.0 Å². The molecule has 1 fully saturated rings. The van der Waals surface area contributed by atoms with Crippen molar-refractivity contribution in [3.63, 3.8) is 0 Å². The van der Waals surface area contributed by atoms with E-state index in [1.165, 1.54) is 0 Å². The predicted octanol–water partition coefficient (Wildman–Crippen LogP) is 1.22. The molecule has 0 bridgehead atoms. The third-order valence-corrected chi connectivity index (χ3v) is 2.87. The Bertz CT molecular complexity index is 502. The van der Waals surface area contributed by atoms with Crippen molar-refractivity contribution in [3.8, 4) is 6.07 Å². The van der Waals surface area contributed by atoms with E-state index < -0.39 is 0 Å². The van der Waals surface area contributed by atoms with Crippen LogP contribution >= 0.6 is 0 Å². The van der Waals surface area contributed by atoms with Crippen molar-refractivity contribution in [2.75, 3.05) is 11.1 Å². The lowest BCUT2D eigenvalue weighted by Gasteiger charge is -2.15. The second-order valence-electron chi connectivity index (χ2n) is 4.56. The Kier molecular flexibility index (Phi) is 3.38. The van der Waals surface area contributed by atoms with Crippen molar-refractivity contribution in [1.82, 2.24) is 5.32 Å². The van der Waals surface area contributed by atoms with Crippen molar-refractivity contribution in [2.45, 2.75) is 31.8 Å². The van der Waals surface area contributed by atoms with Gasteiger partial charge in [0.05, 0.1) is 11.3 Å². The van der Waals surface area contributed by atoms with Gasteiger partial charge >= 0.3 is 0 Å². The molecule has 0 spiro atoms. The summed E-state index contributed by atoms with van der Waals surface area (Å²) < 4.78 is 0. The Hall–Kier alpha value is -2.22. The minimum atomic E-state index is -0.321. The molecular formula is C13H16N4O. The molecule has 0 aliphatic heterocycles. The number of rotatable bonds is 4. The van der Waals surface area contributed by atoms with Crippen molar-refractivity contribution in [2.24, 2.45) is 0 Å². The van der Waals surface area contributed by atoms with Crippen molar-refractivity contribution in [1.29, 1.82) is 5.26 Å². The van der Waals surface area contributed by atoms with Gasteiger partial charge in [0.1, 0.15) is 12.1 Å². The highest BCUT2D eigenvalue weighted by Crippen LogP contribution is 2.20. The smallest absolute Gasteiger partial charge is 0.242 e. The van der Waals surface area contributed by atoms with E-state index in [0.29, 0.717) is 17.3 Å². The molecule has 94 valence electrons. The molecule has 4 N–H and O–H groups in total. The molecule has 1 aliphatic rings. The molecule has 1 amide bonds. The maximum Gasteiger partial charge on any atom is 0.242 e. The number of nitrogens with zero attached hydrogens (tertiary/aromatic N) is 1. The zero-order chi connectivity index (χ0) is 13.1. The fraction of sp³-hybridized carbons (Fsp3) is 0.385. The van der Waals surface area contributed by atoms with E-state index in [-0.39, 0.29) is 11.9 Å². The van der Waals surface area contributed by atoms with Crippen LogP contribution in [0.25, 0.3) is 0 Å². The van der Waals surface area contributed by atoms with Crippen LogP contribution in [-0.2, 0) is 4.79 Å². The first-order chi connectivity index (χ1) is 8.60. The number of nitrogen functional groups attached to an aromatic ring is 1. The third kappa shape index (κ3) is 2.92. The summed E-state index contributed by atoms with van der Waals surface area (Å²) in [5, 5.41) is 14.8. The maximum atomic E-state index is 11.7. The molecule has 0 heterocycles. The standard InChI is InChI=1S/C13H16N4O/c1-8(13(18)17-10-4-5-10)16-11-3-2-9(7-14)12(15)6-11/h2-3,6,8,10,16H,4-5,15H2,1H3,(H,17,18). The van der Waals surface area contributed by atoms with E-state index in [4.69, 9.17) is 11.0 Å². The van der Waals surface area contributed by atoms with Crippen molar-refractivity contribution in [3.05, 3.63) is 23.8 Å². The molecule has 1 aromatic rings. The van der Waals surface area contributed by atoms with Crippen LogP contribution in [0.4, 0.5) is 11.4 Å².